The summed E-state index contributed by atoms with van der Waals surface area (Å²) in [5.74, 6) is 0.658. The third kappa shape index (κ3) is 3.67. The van der Waals surface area contributed by atoms with Gasteiger partial charge in [-0.2, -0.15) is 5.10 Å². The van der Waals surface area contributed by atoms with Crippen molar-refractivity contribution in [1.29, 1.82) is 0 Å². The van der Waals surface area contributed by atoms with Gasteiger partial charge in [0.1, 0.15) is 0 Å². The number of benzene rings is 2. The highest BCUT2D eigenvalue weighted by Crippen LogP contribution is 2.47. The number of hydrogen-bond donors (Lipinski definition) is 1. The number of nitrogens with zero attached hydrogens (tertiary/aromatic N) is 1. The first-order chi connectivity index (χ1) is 11.2. The lowest BCUT2D eigenvalue weighted by atomic mass is 10.0. The Balaban J connectivity index is 1.66. The second-order valence-electron chi connectivity index (χ2n) is 6.35. The minimum Gasteiger partial charge on any atom is -0.273 e. The zero-order valence-corrected chi connectivity index (χ0v) is 13.6. The molecule has 2 aromatic rings. The number of rotatable bonds is 5. The Kier molecular flexibility index (Phi) is 4.56. The van der Waals surface area contributed by atoms with Crippen LogP contribution in [-0.4, -0.2) is 11.6 Å². The molecule has 0 unspecified atom stereocenters. The van der Waals surface area contributed by atoms with Crippen LogP contribution in [0, 0.1) is 11.8 Å². The fraction of sp³-hybridized carbons (Fsp3) is 0.300. The van der Waals surface area contributed by atoms with E-state index < -0.39 is 0 Å². The zero-order valence-electron chi connectivity index (χ0n) is 13.6. The maximum absolute atomic E-state index is 12.3. The van der Waals surface area contributed by atoms with Crippen molar-refractivity contribution in [2.45, 2.75) is 26.2 Å². The van der Waals surface area contributed by atoms with Crippen LogP contribution in [-0.2, 0) is 4.79 Å². The number of amides is 1. The Morgan fingerprint density at radius 2 is 1.65 bits per heavy atom. The van der Waals surface area contributed by atoms with Crippen LogP contribution in [0.1, 0.15) is 37.3 Å². The summed E-state index contributed by atoms with van der Waals surface area (Å²) in [7, 11) is 0. The van der Waals surface area contributed by atoms with Crippen LogP contribution in [0.15, 0.2) is 65.8 Å². The summed E-state index contributed by atoms with van der Waals surface area (Å²) >= 11 is 0. The molecular weight excluding hydrogens is 284 g/mol. The van der Waals surface area contributed by atoms with Gasteiger partial charge in [-0.25, -0.2) is 5.43 Å². The average molecular weight is 306 g/mol. The molecule has 1 saturated carbocycles. The Morgan fingerprint density at radius 1 is 1.04 bits per heavy atom. The van der Waals surface area contributed by atoms with Gasteiger partial charge in [-0.1, -0.05) is 74.5 Å². The largest absolute Gasteiger partial charge is 0.273 e. The van der Waals surface area contributed by atoms with E-state index in [4.69, 9.17) is 0 Å². The fourth-order valence-electron chi connectivity index (χ4n) is 2.89. The van der Waals surface area contributed by atoms with Crippen molar-refractivity contribution in [2.75, 3.05) is 0 Å². The molecule has 1 N–H and O–H groups in total. The van der Waals surface area contributed by atoms with Crippen molar-refractivity contribution in [3.63, 3.8) is 0 Å². The summed E-state index contributed by atoms with van der Waals surface area (Å²) < 4.78 is 0. The van der Waals surface area contributed by atoms with Crippen LogP contribution in [0.4, 0.5) is 0 Å². The maximum Gasteiger partial charge on any atom is 0.243 e. The Labute approximate surface area is 137 Å². The molecule has 0 aliphatic heterocycles. The van der Waals surface area contributed by atoms with Crippen LogP contribution in [0.25, 0.3) is 0 Å². The molecule has 1 aliphatic carbocycles. The van der Waals surface area contributed by atoms with Crippen molar-refractivity contribution in [2.24, 2.45) is 16.9 Å². The predicted octanol–water partition coefficient (Wildman–Crippen LogP) is 3.97. The van der Waals surface area contributed by atoms with Gasteiger partial charge in [0.15, 0.2) is 0 Å². The molecule has 1 fully saturated rings. The topological polar surface area (TPSA) is 41.5 Å². The predicted molar refractivity (Wildman–Crippen MR) is 93.2 cm³/mol. The molecule has 0 aromatic heterocycles. The third-order valence-corrected chi connectivity index (χ3v) is 4.26. The molecule has 118 valence electrons. The number of carbonyl (C=O) groups is 1. The average Bonchev–Trinajstić information content (AvgIpc) is 3.37. The monoisotopic (exact) mass is 306 g/mol. The van der Waals surface area contributed by atoms with E-state index >= 15 is 0 Å². The molecule has 1 aliphatic rings. The van der Waals surface area contributed by atoms with Crippen molar-refractivity contribution in [1.82, 2.24) is 5.43 Å². The second kappa shape index (κ2) is 6.78. The quantitative estimate of drug-likeness (QED) is 0.659. The highest BCUT2D eigenvalue weighted by molar-refractivity contribution is 6.02. The minimum absolute atomic E-state index is 0.0212. The Bertz CT molecular complexity index is 692. The van der Waals surface area contributed by atoms with Gasteiger partial charge in [0.2, 0.25) is 5.91 Å². The zero-order chi connectivity index (χ0) is 16.2. The molecule has 0 saturated heterocycles. The lowest BCUT2D eigenvalue weighted by Crippen LogP contribution is -2.24. The Morgan fingerprint density at radius 3 is 2.26 bits per heavy atom. The van der Waals surface area contributed by atoms with Gasteiger partial charge in [0.25, 0.3) is 0 Å². The standard InChI is InChI=1S/C20H22N2O/c1-14(2)19(16-11-7-4-8-12-16)21-22-20(23)18-13-17(18)15-9-5-3-6-10-15/h3-12,14,17-18H,13H2,1-2H3,(H,22,23)/b21-19-/t17-,18-/m0/s1. The molecule has 0 spiro atoms. The minimum atomic E-state index is 0.0212. The first-order valence-corrected chi connectivity index (χ1v) is 8.14. The molecule has 3 heteroatoms. The lowest BCUT2D eigenvalue weighted by Gasteiger charge is -2.10. The van der Waals surface area contributed by atoms with E-state index in [2.05, 4.69) is 36.5 Å². The molecule has 3 nitrogen and oxygen atoms in total. The summed E-state index contributed by atoms with van der Waals surface area (Å²) in [6.07, 6.45) is 0.910. The Hall–Kier alpha value is -2.42. The fourth-order valence-corrected chi connectivity index (χ4v) is 2.89. The molecule has 3 rings (SSSR count). The van der Waals surface area contributed by atoms with Crippen molar-refractivity contribution in [3.8, 4) is 0 Å². The van der Waals surface area contributed by atoms with E-state index in [9.17, 15) is 4.79 Å². The highest BCUT2D eigenvalue weighted by Gasteiger charge is 2.43. The van der Waals surface area contributed by atoms with E-state index in [1.807, 2.05) is 48.5 Å². The highest BCUT2D eigenvalue weighted by atomic mass is 16.2. The van der Waals surface area contributed by atoms with Crippen molar-refractivity contribution in [3.05, 3.63) is 71.8 Å². The van der Waals surface area contributed by atoms with Gasteiger partial charge in [0.05, 0.1) is 5.71 Å². The third-order valence-electron chi connectivity index (χ3n) is 4.26. The van der Waals surface area contributed by atoms with Gasteiger partial charge in [0, 0.05) is 5.92 Å². The van der Waals surface area contributed by atoms with Crippen LogP contribution in [0.2, 0.25) is 0 Å². The van der Waals surface area contributed by atoms with Gasteiger partial charge < -0.3 is 0 Å². The van der Waals surface area contributed by atoms with Crippen molar-refractivity contribution < 1.29 is 4.79 Å². The van der Waals surface area contributed by atoms with Crippen LogP contribution in [0.5, 0.6) is 0 Å². The molecule has 23 heavy (non-hydrogen) atoms. The summed E-state index contributed by atoms with van der Waals surface area (Å²) in [6, 6.07) is 20.2. The number of hydrogen-bond acceptors (Lipinski definition) is 2. The van der Waals surface area contributed by atoms with Gasteiger partial charge in [-0.15, -0.1) is 0 Å². The summed E-state index contributed by atoms with van der Waals surface area (Å²) in [5.41, 5.74) is 5.98. The molecule has 1 amide bonds. The lowest BCUT2D eigenvalue weighted by molar-refractivity contribution is -0.122. The molecular formula is C20H22N2O. The normalized spacial score (nSPS) is 20.4. The summed E-state index contributed by atoms with van der Waals surface area (Å²) in [5, 5.41) is 4.40. The molecule has 2 aromatic carbocycles. The van der Waals surface area contributed by atoms with Crippen LogP contribution >= 0.6 is 0 Å². The summed E-state index contributed by atoms with van der Waals surface area (Å²) in [6.45, 7) is 4.17. The van der Waals surface area contributed by atoms with Crippen molar-refractivity contribution >= 4 is 11.6 Å². The van der Waals surface area contributed by atoms with E-state index in [1.54, 1.807) is 0 Å². The second-order valence-corrected chi connectivity index (χ2v) is 6.35. The van der Waals surface area contributed by atoms with E-state index in [-0.39, 0.29) is 17.7 Å². The number of hydrazone groups is 1. The SMILES string of the molecule is CC(C)/C(=N/NC(=O)[C@H]1C[C@H]1c1ccccc1)c1ccccc1. The molecule has 0 bridgehead atoms. The smallest absolute Gasteiger partial charge is 0.243 e. The first kappa shape index (κ1) is 15.5. The van der Waals surface area contributed by atoms with Gasteiger partial charge in [-0.3, -0.25) is 4.79 Å². The maximum atomic E-state index is 12.3. The molecule has 2 atom stereocenters. The van der Waals surface area contributed by atoms with Crippen LogP contribution in [0.3, 0.4) is 0 Å². The van der Waals surface area contributed by atoms with E-state index in [1.165, 1.54) is 5.56 Å². The van der Waals surface area contributed by atoms with Crippen LogP contribution < -0.4 is 5.43 Å². The first-order valence-electron chi connectivity index (χ1n) is 8.14. The summed E-state index contributed by atoms with van der Waals surface area (Å²) in [4.78, 5) is 12.3. The molecule has 0 heterocycles. The van der Waals surface area contributed by atoms with Gasteiger partial charge in [-0.05, 0) is 29.4 Å². The van der Waals surface area contributed by atoms with E-state index in [0.29, 0.717) is 5.92 Å². The van der Waals surface area contributed by atoms with E-state index in [0.717, 1.165) is 17.7 Å². The van der Waals surface area contributed by atoms with Gasteiger partial charge >= 0.3 is 0 Å². The molecule has 0 radical (unpaired) electrons. The number of nitrogens with one attached hydrogen (secondary N) is 1. The number of carbonyl (C=O) groups excluding carboxylic acids is 1.